The van der Waals surface area contributed by atoms with Crippen LogP contribution in [0.5, 0.6) is 0 Å². The summed E-state index contributed by atoms with van der Waals surface area (Å²) in [5.74, 6) is 2.69. The molecule has 0 aliphatic heterocycles. The van der Waals surface area contributed by atoms with Crippen molar-refractivity contribution in [3.05, 3.63) is 41.5 Å². The van der Waals surface area contributed by atoms with E-state index in [9.17, 15) is 4.79 Å². The van der Waals surface area contributed by atoms with Crippen LogP contribution < -0.4 is 5.32 Å². The summed E-state index contributed by atoms with van der Waals surface area (Å²) in [5.41, 5.74) is 2.55. The minimum absolute atomic E-state index is 0.0894. The molecule has 0 radical (unpaired) electrons. The van der Waals surface area contributed by atoms with Gasteiger partial charge in [-0.3, -0.25) is 4.79 Å². The highest BCUT2D eigenvalue weighted by atomic mass is 16.1. The zero-order valence-electron chi connectivity index (χ0n) is 14.1. The van der Waals surface area contributed by atoms with Crippen LogP contribution in [0.1, 0.15) is 56.6 Å². The van der Waals surface area contributed by atoms with E-state index >= 15 is 0 Å². The highest BCUT2D eigenvalue weighted by molar-refractivity contribution is 5.92. The van der Waals surface area contributed by atoms with E-state index in [1.54, 1.807) is 6.08 Å². The van der Waals surface area contributed by atoms with Crippen molar-refractivity contribution >= 4 is 12.0 Å². The summed E-state index contributed by atoms with van der Waals surface area (Å²) in [6, 6.07) is 8.45. The van der Waals surface area contributed by atoms with Gasteiger partial charge in [-0.05, 0) is 79.9 Å². The number of amides is 1. The van der Waals surface area contributed by atoms with Crippen LogP contribution in [-0.4, -0.2) is 11.4 Å². The van der Waals surface area contributed by atoms with Crippen molar-refractivity contribution in [2.75, 3.05) is 0 Å². The molecule has 0 unspecified atom stereocenters. The molecule has 1 aromatic carbocycles. The van der Waals surface area contributed by atoms with Crippen LogP contribution in [0.25, 0.3) is 6.08 Å². The fraction of sp³-hybridized carbons (Fsp3) is 0.571. The molecule has 0 heterocycles. The number of rotatable bonds is 4. The molecule has 4 bridgehead atoms. The van der Waals surface area contributed by atoms with Gasteiger partial charge in [0.1, 0.15) is 0 Å². The number of benzene rings is 1. The Morgan fingerprint density at radius 1 is 1.09 bits per heavy atom. The molecular formula is C21H27NO. The summed E-state index contributed by atoms with van der Waals surface area (Å²) in [4.78, 5) is 12.4. The van der Waals surface area contributed by atoms with Gasteiger partial charge in [-0.25, -0.2) is 0 Å². The third kappa shape index (κ3) is 3.08. The fourth-order valence-electron chi connectivity index (χ4n) is 5.60. The first-order valence-electron chi connectivity index (χ1n) is 9.23. The van der Waals surface area contributed by atoms with Gasteiger partial charge in [0.15, 0.2) is 0 Å². The third-order valence-corrected chi connectivity index (χ3v) is 6.24. The zero-order valence-corrected chi connectivity index (χ0v) is 14.1. The van der Waals surface area contributed by atoms with Crippen LogP contribution in [0, 0.1) is 17.8 Å². The largest absolute Gasteiger partial charge is 0.347 e. The van der Waals surface area contributed by atoms with E-state index < -0.39 is 0 Å². The summed E-state index contributed by atoms with van der Waals surface area (Å²) in [6.07, 6.45) is 12.6. The molecule has 0 atom stereocenters. The first-order chi connectivity index (χ1) is 11.1. The van der Waals surface area contributed by atoms with Crippen molar-refractivity contribution in [2.24, 2.45) is 17.8 Å². The molecule has 2 heteroatoms. The number of aryl methyl sites for hydroxylation is 1. The van der Waals surface area contributed by atoms with Crippen molar-refractivity contribution in [2.45, 2.75) is 57.4 Å². The summed E-state index contributed by atoms with van der Waals surface area (Å²) in [7, 11) is 0. The predicted octanol–water partition coefficient (Wildman–Crippen LogP) is 4.35. The fourth-order valence-corrected chi connectivity index (χ4v) is 5.60. The summed E-state index contributed by atoms with van der Waals surface area (Å²) in [5, 5.41) is 3.39. The van der Waals surface area contributed by atoms with E-state index in [-0.39, 0.29) is 11.4 Å². The Labute approximate surface area is 139 Å². The average Bonchev–Trinajstić information content (AvgIpc) is 2.51. The van der Waals surface area contributed by atoms with Gasteiger partial charge in [0, 0.05) is 11.6 Å². The second kappa shape index (κ2) is 5.81. The van der Waals surface area contributed by atoms with Gasteiger partial charge < -0.3 is 5.32 Å². The van der Waals surface area contributed by atoms with Gasteiger partial charge >= 0.3 is 0 Å². The van der Waals surface area contributed by atoms with Crippen molar-refractivity contribution in [1.29, 1.82) is 0 Å². The van der Waals surface area contributed by atoms with Gasteiger partial charge in [-0.1, -0.05) is 31.2 Å². The number of hydrogen-bond donors (Lipinski definition) is 1. The van der Waals surface area contributed by atoms with Crippen molar-refractivity contribution in [3.63, 3.8) is 0 Å². The maximum Gasteiger partial charge on any atom is 0.244 e. The van der Waals surface area contributed by atoms with Crippen LogP contribution in [0.4, 0.5) is 0 Å². The van der Waals surface area contributed by atoms with Crippen molar-refractivity contribution in [1.82, 2.24) is 5.32 Å². The SMILES string of the molecule is CCc1ccc(/C=C/C(=O)NC23CC4CC(CC(C4)C2)C3)cc1. The van der Waals surface area contributed by atoms with Crippen LogP contribution in [-0.2, 0) is 11.2 Å². The molecule has 23 heavy (non-hydrogen) atoms. The lowest BCUT2D eigenvalue weighted by Gasteiger charge is -2.56. The Balaban J connectivity index is 1.40. The highest BCUT2D eigenvalue weighted by Crippen LogP contribution is 2.55. The molecule has 1 aromatic rings. The van der Waals surface area contributed by atoms with Crippen molar-refractivity contribution in [3.8, 4) is 0 Å². The molecule has 1 amide bonds. The number of hydrogen-bond acceptors (Lipinski definition) is 1. The molecule has 4 aliphatic rings. The van der Waals surface area contributed by atoms with Gasteiger partial charge in [0.05, 0.1) is 0 Å². The normalized spacial score (nSPS) is 34.9. The van der Waals surface area contributed by atoms with E-state index in [1.165, 1.54) is 44.1 Å². The smallest absolute Gasteiger partial charge is 0.244 e. The Kier molecular flexibility index (Phi) is 3.79. The molecule has 0 aromatic heterocycles. The first-order valence-corrected chi connectivity index (χ1v) is 9.23. The summed E-state index contributed by atoms with van der Waals surface area (Å²) >= 11 is 0. The number of carbonyl (C=O) groups is 1. The van der Waals surface area contributed by atoms with Gasteiger partial charge in [-0.2, -0.15) is 0 Å². The quantitative estimate of drug-likeness (QED) is 0.823. The number of nitrogens with one attached hydrogen (secondary N) is 1. The van der Waals surface area contributed by atoms with E-state index in [4.69, 9.17) is 0 Å². The maximum atomic E-state index is 12.4. The molecule has 5 rings (SSSR count). The minimum atomic E-state index is 0.0894. The third-order valence-electron chi connectivity index (χ3n) is 6.24. The van der Waals surface area contributed by atoms with Crippen molar-refractivity contribution < 1.29 is 4.79 Å². The Bertz CT molecular complexity index is 578. The van der Waals surface area contributed by atoms with E-state index in [0.717, 1.165) is 29.7 Å². The van der Waals surface area contributed by atoms with E-state index in [2.05, 4.69) is 36.5 Å². The second-order valence-electron chi connectivity index (χ2n) is 8.12. The summed E-state index contributed by atoms with van der Waals surface area (Å²) in [6.45, 7) is 2.16. The Morgan fingerprint density at radius 2 is 1.65 bits per heavy atom. The molecule has 122 valence electrons. The predicted molar refractivity (Wildman–Crippen MR) is 93.9 cm³/mol. The molecule has 0 saturated heterocycles. The minimum Gasteiger partial charge on any atom is -0.347 e. The lowest BCUT2D eigenvalue weighted by Crippen LogP contribution is -2.59. The Morgan fingerprint density at radius 3 is 2.17 bits per heavy atom. The molecule has 4 aliphatic carbocycles. The molecule has 1 N–H and O–H groups in total. The monoisotopic (exact) mass is 309 g/mol. The molecule has 4 fully saturated rings. The standard InChI is InChI=1S/C21H27NO/c1-2-15-3-5-16(6-4-15)7-8-20(23)22-21-12-17-9-18(13-21)11-19(10-17)14-21/h3-8,17-19H,2,9-14H2,1H3,(H,22,23)/b8-7+. The average molecular weight is 309 g/mol. The maximum absolute atomic E-state index is 12.4. The Hall–Kier alpha value is -1.57. The highest BCUT2D eigenvalue weighted by Gasteiger charge is 2.51. The lowest BCUT2D eigenvalue weighted by molar-refractivity contribution is -0.122. The van der Waals surface area contributed by atoms with Gasteiger partial charge in [0.2, 0.25) is 5.91 Å². The molecular weight excluding hydrogens is 282 g/mol. The van der Waals surface area contributed by atoms with Crippen LogP contribution in [0.15, 0.2) is 30.3 Å². The van der Waals surface area contributed by atoms with Gasteiger partial charge in [0.25, 0.3) is 0 Å². The molecule has 4 saturated carbocycles. The number of carbonyl (C=O) groups excluding carboxylic acids is 1. The van der Waals surface area contributed by atoms with E-state index in [0.29, 0.717) is 0 Å². The molecule has 0 spiro atoms. The molecule has 2 nitrogen and oxygen atoms in total. The van der Waals surface area contributed by atoms with Crippen LogP contribution in [0.2, 0.25) is 0 Å². The van der Waals surface area contributed by atoms with Crippen LogP contribution >= 0.6 is 0 Å². The van der Waals surface area contributed by atoms with Gasteiger partial charge in [-0.15, -0.1) is 0 Å². The second-order valence-corrected chi connectivity index (χ2v) is 8.12. The van der Waals surface area contributed by atoms with Crippen LogP contribution in [0.3, 0.4) is 0 Å². The first kappa shape index (κ1) is 15.0. The zero-order chi connectivity index (χ0) is 15.9. The summed E-state index contributed by atoms with van der Waals surface area (Å²) < 4.78 is 0. The van der Waals surface area contributed by atoms with E-state index in [1.807, 2.05) is 6.08 Å². The lowest BCUT2D eigenvalue weighted by atomic mass is 9.53. The topological polar surface area (TPSA) is 29.1 Å².